The first kappa shape index (κ1) is 16.7. The molecule has 0 spiro atoms. The number of likely N-dealkylation sites (tertiary alicyclic amines) is 1. The van der Waals surface area contributed by atoms with Crippen LogP contribution in [0.4, 0.5) is 4.39 Å². The summed E-state index contributed by atoms with van der Waals surface area (Å²) in [6.07, 6.45) is 1.91. The maximum Gasteiger partial charge on any atom is 0.256 e. The summed E-state index contributed by atoms with van der Waals surface area (Å²) in [5.74, 6) is -0.509. The predicted octanol–water partition coefficient (Wildman–Crippen LogP) is 5.22. The molecule has 1 fully saturated rings. The van der Waals surface area contributed by atoms with E-state index in [2.05, 4.69) is 22.0 Å². The van der Waals surface area contributed by atoms with Gasteiger partial charge in [-0.1, -0.05) is 28.1 Å². The molecular formula is C19H16BrFN2OS. The molecule has 0 saturated carbocycles. The van der Waals surface area contributed by atoms with Crippen LogP contribution in [-0.4, -0.2) is 28.9 Å². The SMILES string of the molecule is O=C(c1cc(Br)ccc1F)N1CCCC(c2nc3ccccc3s2)C1. The molecule has 4 rings (SSSR count). The molecule has 1 aromatic heterocycles. The summed E-state index contributed by atoms with van der Waals surface area (Å²) in [6.45, 7) is 1.25. The van der Waals surface area contributed by atoms with Crippen molar-refractivity contribution in [2.75, 3.05) is 13.1 Å². The molecule has 0 bridgehead atoms. The molecule has 25 heavy (non-hydrogen) atoms. The molecule has 1 amide bonds. The number of carbonyl (C=O) groups excluding carboxylic acids is 1. The van der Waals surface area contributed by atoms with Gasteiger partial charge in [-0.05, 0) is 43.2 Å². The number of thiazole rings is 1. The number of para-hydroxylation sites is 1. The molecule has 1 aliphatic heterocycles. The smallest absolute Gasteiger partial charge is 0.256 e. The number of aromatic nitrogens is 1. The minimum absolute atomic E-state index is 0.124. The Bertz CT molecular complexity index is 909. The van der Waals surface area contributed by atoms with Crippen LogP contribution in [0.5, 0.6) is 0 Å². The lowest BCUT2D eigenvalue weighted by Crippen LogP contribution is -2.39. The number of fused-ring (bicyclic) bond motifs is 1. The summed E-state index contributed by atoms with van der Waals surface area (Å²) in [5, 5.41) is 1.06. The van der Waals surface area contributed by atoms with Gasteiger partial charge in [-0.2, -0.15) is 0 Å². The van der Waals surface area contributed by atoms with Gasteiger partial charge in [0.2, 0.25) is 0 Å². The Morgan fingerprint density at radius 1 is 1.28 bits per heavy atom. The van der Waals surface area contributed by atoms with Gasteiger partial charge in [0.15, 0.2) is 0 Å². The first-order valence-corrected chi connectivity index (χ1v) is 9.82. The molecule has 0 aliphatic carbocycles. The van der Waals surface area contributed by atoms with E-state index < -0.39 is 5.82 Å². The fourth-order valence-electron chi connectivity index (χ4n) is 3.26. The molecule has 128 valence electrons. The van der Waals surface area contributed by atoms with Crippen molar-refractivity contribution >= 4 is 43.4 Å². The highest BCUT2D eigenvalue weighted by Gasteiger charge is 2.28. The molecule has 2 aromatic carbocycles. The summed E-state index contributed by atoms with van der Waals surface area (Å²) in [5.41, 5.74) is 1.13. The van der Waals surface area contributed by atoms with Gasteiger partial charge in [0.1, 0.15) is 5.82 Å². The normalized spacial score (nSPS) is 17.8. The number of hydrogen-bond donors (Lipinski definition) is 0. The predicted molar refractivity (Wildman–Crippen MR) is 102 cm³/mol. The van der Waals surface area contributed by atoms with E-state index in [1.54, 1.807) is 28.4 Å². The Morgan fingerprint density at radius 3 is 2.96 bits per heavy atom. The summed E-state index contributed by atoms with van der Waals surface area (Å²) in [6, 6.07) is 12.6. The highest BCUT2D eigenvalue weighted by atomic mass is 79.9. The summed E-state index contributed by atoms with van der Waals surface area (Å²) >= 11 is 5.00. The van der Waals surface area contributed by atoms with Crippen LogP contribution in [0, 0.1) is 5.82 Å². The largest absolute Gasteiger partial charge is 0.338 e. The molecule has 2 heterocycles. The van der Waals surface area contributed by atoms with E-state index >= 15 is 0 Å². The van der Waals surface area contributed by atoms with Crippen molar-refractivity contribution in [3.8, 4) is 0 Å². The topological polar surface area (TPSA) is 33.2 Å². The molecule has 0 radical (unpaired) electrons. The summed E-state index contributed by atoms with van der Waals surface area (Å²) in [4.78, 5) is 19.3. The molecule has 1 aliphatic rings. The van der Waals surface area contributed by atoms with Crippen LogP contribution in [0.25, 0.3) is 10.2 Å². The first-order valence-electron chi connectivity index (χ1n) is 8.21. The van der Waals surface area contributed by atoms with E-state index in [1.165, 1.54) is 10.8 Å². The zero-order valence-electron chi connectivity index (χ0n) is 13.4. The van der Waals surface area contributed by atoms with Crippen LogP contribution in [0.1, 0.15) is 34.1 Å². The second-order valence-corrected chi connectivity index (χ2v) is 8.21. The monoisotopic (exact) mass is 418 g/mol. The minimum Gasteiger partial charge on any atom is -0.338 e. The van der Waals surface area contributed by atoms with Crippen LogP contribution in [0.15, 0.2) is 46.9 Å². The second-order valence-electron chi connectivity index (χ2n) is 6.23. The number of nitrogens with zero attached hydrogens (tertiary/aromatic N) is 2. The van der Waals surface area contributed by atoms with Crippen LogP contribution < -0.4 is 0 Å². The third-order valence-corrected chi connectivity index (χ3v) is 6.22. The molecule has 3 nitrogen and oxygen atoms in total. The zero-order chi connectivity index (χ0) is 17.4. The lowest BCUT2D eigenvalue weighted by atomic mass is 9.98. The molecule has 6 heteroatoms. The third-order valence-electron chi connectivity index (χ3n) is 4.53. The second kappa shape index (κ2) is 6.84. The van der Waals surface area contributed by atoms with Gasteiger partial charge in [0, 0.05) is 23.5 Å². The molecular weight excluding hydrogens is 403 g/mol. The fraction of sp³-hybridized carbons (Fsp3) is 0.263. The Kier molecular flexibility index (Phi) is 4.56. The minimum atomic E-state index is -0.477. The molecule has 0 N–H and O–H groups in total. The van der Waals surface area contributed by atoms with Crippen LogP contribution in [0.3, 0.4) is 0 Å². The average molecular weight is 419 g/mol. The van der Waals surface area contributed by atoms with Crippen LogP contribution in [-0.2, 0) is 0 Å². The van der Waals surface area contributed by atoms with Crippen molar-refractivity contribution in [2.45, 2.75) is 18.8 Å². The Morgan fingerprint density at radius 2 is 2.12 bits per heavy atom. The zero-order valence-corrected chi connectivity index (χ0v) is 15.8. The molecule has 3 aromatic rings. The Labute approximate surface area is 157 Å². The van der Waals surface area contributed by atoms with E-state index in [9.17, 15) is 9.18 Å². The van der Waals surface area contributed by atoms with E-state index in [0.29, 0.717) is 17.6 Å². The lowest BCUT2D eigenvalue weighted by molar-refractivity contribution is 0.0702. The van der Waals surface area contributed by atoms with Gasteiger partial charge in [-0.25, -0.2) is 9.37 Å². The van der Waals surface area contributed by atoms with E-state index in [1.807, 2.05) is 18.2 Å². The number of carbonyl (C=O) groups is 1. The van der Waals surface area contributed by atoms with Gasteiger partial charge in [0.05, 0.1) is 20.8 Å². The first-order chi connectivity index (χ1) is 12.1. The highest BCUT2D eigenvalue weighted by Crippen LogP contribution is 2.33. The van der Waals surface area contributed by atoms with Gasteiger partial charge in [-0.3, -0.25) is 4.79 Å². The Hall–Kier alpha value is -1.79. The Balaban J connectivity index is 1.58. The van der Waals surface area contributed by atoms with Crippen molar-refractivity contribution in [1.82, 2.24) is 9.88 Å². The van der Waals surface area contributed by atoms with E-state index in [4.69, 9.17) is 4.98 Å². The van der Waals surface area contributed by atoms with Crippen molar-refractivity contribution < 1.29 is 9.18 Å². The maximum atomic E-state index is 14.1. The number of rotatable bonds is 2. The van der Waals surface area contributed by atoms with Crippen LogP contribution in [0.2, 0.25) is 0 Å². The van der Waals surface area contributed by atoms with Crippen LogP contribution >= 0.6 is 27.3 Å². The standard InChI is InChI=1S/C19H16BrFN2OS/c20-13-7-8-15(21)14(10-13)19(24)23-9-3-4-12(11-23)18-22-16-5-1-2-6-17(16)25-18/h1-2,5-8,10,12H,3-4,9,11H2. The quantitative estimate of drug-likeness (QED) is 0.571. The van der Waals surface area contributed by atoms with E-state index in [-0.39, 0.29) is 17.4 Å². The molecule has 1 unspecified atom stereocenters. The van der Waals surface area contributed by atoms with Gasteiger partial charge < -0.3 is 4.90 Å². The molecule has 1 saturated heterocycles. The third kappa shape index (κ3) is 3.33. The van der Waals surface area contributed by atoms with Gasteiger partial charge in [0.25, 0.3) is 5.91 Å². The van der Waals surface area contributed by atoms with Crippen molar-refractivity contribution in [3.05, 3.63) is 63.3 Å². The van der Waals surface area contributed by atoms with E-state index in [0.717, 1.165) is 23.4 Å². The van der Waals surface area contributed by atoms with Gasteiger partial charge >= 0.3 is 0 Å². The average Bonchev–Trinajstić information content (AvgIpc) is 3.07. The number of halogens is 2. The van der Waals surface area contributed by atoms with Crippen molar-refractivity contribution in [3.63, 3.8) is 0 Å². The highest BCUT2D eigenvalue weighted by molar-refractivity contribution is 9.10. The maximum absolute atomic E-state index is 14.1. The van der Waals surface area contributed by atoms with Crippen molar-refractivity contribution in [2.24, 2.45) is 0 Å². The number of benzene rings is 2. The van der Waals surface area contributed by atoms with Crippen molar-refractivity contribution in [1.29, 1.82) is 0 Å². The lowest BCUT2D eigenvalue weighted by Gasteiger charge is -2.32. The fourth-order valence-corrected chi connectivity index (χ4v) is 4.71. The number of piperidine rings is 1. The molecule has 1 atom stereocenters. The summed E-state index contributed by atoms with van der Waals surface area (Å²) < 4.78 is 15.9. The number of hydrogen-bond acceptors (Lipinski definition) is 3. The summed E-state index contributed by atoms with van der Waals surface area (Å²) in [7, 11) is 0. The van der Waals surface area contributed by atoms with Gasteiger partial charge in [-0.15, -0.1) is 11.3 Å². The number of amides is 1.